The van der Waals surface area contributed by atoms with E-state index < -0.39 is 0 Å². The van der Waals surface area contributed by atoms with Gasteiger partial charge in [-0.3, -0.25) is 10.1 Å². The maximum atomic E-state index is 12.7. The summed E-state index contributed by atoms with van der Waals surface area (Å²) in [6.07, 6.45) is 2.02. The van der Waals surface area contributed by atoms with Crippen molar-refractivity contribution in [1.29, 1.82) is 0 Å². The van der Waals surface area contributed by atoms with Crippen LogP contribution in [0.25, 0.3) is 31.2 Å². The highest BCUT2D eigenvalue weighted by molar-refractivity contribution is 8.00. The van der Waals surface area contributed by atoms with E-state index in [9.17, 15) is 4.79 Å². The zero-order valence-corrected chi connectivity index (χ0v) is 16.7. The van der Waals surface area contributed by atoms with Crippen molar-refractivity contribution in [2.75, 3.05) is 11.6 Å². The molecular formula is C20H13N3OS3. The molecule has 5 rings (SSSR count). The fourth-order valence-electron chi connectivity index (χ4n) is 2.99. The fraction of sp³-hybridized carbons (Fsp3) is 0.0500. The molecule has 0 saturated carbocycles. The molecule has 0 bridgehead atoms. The molecule has 5 aromatic rings. The maximum Gasteiger partial charge on any atom is 0.257 e. The van der Waals surface area contributed by atoms with Gasteiger partial charge < -0.3 is 0 Å². The molecule has 1 N–H and O–H groups in total. The van der Waals surface area contributed by atoms with Gasteiger partial charge in [0.05, 0.1) is 20.4 Å². The number of hydrogen-bond donors (Lipinski definition) is 1. The lowest BCUT2D eigenvalue weighted by Gasteiger charge is -2.03. The van der Waals surface area contributed by atoms with E-state index in [0.29, 0.717) is 10.7 Å². The minimum atomic E-state index is -0.148. The molecule has 7 heteroatoms. The van der Waals surface area contributed by atoms with Gasteiger partial charge in [-0.25, -0.2) is 9.97 Å². The van der Waals surface area contributed by atoms with Gasteiger partial charge in [-0.2, -0.15) is 0 Å². The van der Waals surface area contributed by atoms with Crippen LogP contribution in [0.1, 0.15) is 10.4 Å². The van der Waals surface area contributed by atoms with Gasteiger partial charge >= 0.3 is 0 Å². The number of benzene rings is 3. The van der Waals surface area contributed by atoms with Crippen LogP contribution in [0.3, 0.4) is 0 Å². The van der Waals surface area contributed by atoms with Crippen LogP contribution in [0.4, 0.5) is 5.13 Å². The molecule has 0 saturated heterocycles. The molecular weight excluding hydrogens is 394 g/mol. The van der Waals surface area contributed by atoms with Crippen molar-refractivity contribution >= 4 is 76.7 Å². The number of thiazole rings is 2. The fourth-order valence-corrected chi connectivity index (χ4v) is 5.65. The monoisotopic (exact) mass is 407 g/mol. The van der Waals surface area contributed by atoms with Crippen LogP contribution in [-0.4, -0.2) is 22.1 Å². The molecule has 0 fully saturated rings. The highest BCUT2D eigenvalue weighted by Crippen LogP contribution is 2.38. The Morgan fingerprint density at radius 3 is 2.48 bits per heavy atom. The van der Waals surface area contributed by atoms with Gasteiger partial charge in [-0.1, -0.05) is 53.4 Å². The number of amides is 1. The van der Waals surface area contributed by atoms with Crippen molar-refractivity contribution in [3.63, 3.8) is 0 Å². The van der Waals surface area contributed by atoms with Gasteiger partial charge in [-0.05, 0) is 41.3 Å². The van der Waals surface area contributed by atoms with Gasteiger partial charge in [0.2, 0.25) is 0 Å². The Morgan fingerprint density at radius 2 is 1.67 bits per heavy atom. The summed E-state index contributed by atoms with van der Waals surface area (Å²) in [6.45, 7) is 0. The average Bonchev–Trinajstić information content (AvgIpc) is 3.30. The molecule has 0 aliphatic rings. The van der Waals surface area contributed by atoms with Crippen LogP contribution >= 0.6 is 34.4 Å². The topological polar surface area (TPSA) is 54.9 Å². The van der Waals surface area contributed by atoms with E-state index in [-0.39, 0.29) is 5.91 Å². The molecule has 132 valence electrons. The summed E-state index contributed by atoms with van der Waals surface area (Å²) in [5.74, 6) is -0.148. The van der Waals surface area contributed by atoms with E-state index in [1.165, 1.54) is 11.3 Å². The molecule has 4 nitrogen and oxygen atoms in total. The molecule has 0 aliphatic heterocycles. The van der Waals surface area contributed by atoms with Crippen molar-refractivity contribution in [3.05, 3.63) is 60.2 Å². The van der Waals surface area contributed by atoms with Gasteiger partial charge in [0.25, 0.3) is 5.91 Å². The highest BCUT2D eigenvalue weighted by Gasteiger charge is 2.14. The minimum absolute atomic E-state index is 0.148. The average molecular weight is 408 g/mol. The zero-order chi connectivity index (χ0) is 18.4. The predicted octanol–water partition coefficient (Wildman–Crippen LogP) is 6.03. The summed E-state index contributed by atoms with van der Waals surface area (Å²) in [6, 6.07) is 17.7. The van der Waals surface area contributed by atoms with E-state index in [2.05, 4.69) is 15.3 Å². The number of hydrogen-bond acceptors (Lipinski definition) is 6. The molecule has 2 aromatic heterocycles. The Balaban J connectivity index is 1.50. The molecule has 1 amide bonds. The lowest BCUT2D eigenvalue weighted by molar-refractivity contribution is 0.102. The Morgan fingerprint density at radius 1 is 0.926 bits per heavy atom. The van der Waals surface area contributed by atoms with Gasteiger partial charge in [-0.15, -0.1) is 11.3 Å². The van der Waals surface area contributed by atoms with Crippen molar-refractivity contribution < 1.29 is 4.79 Å². The Kier molecular flexibility index (Phi) is 4.07. The SMILES string of the molecule is CSc1nc2ccc3nc(NC(=O)c4ccc5ccccc5c4)sc3c2s1. The first-order valence-corrected chi connectivity index (χ1v) is 11.1. The van der Waals surface area contributed by atoms with Gasteiger partial charge in [0, 0.05) is 5.56 Å². The highest BCUT2D eigenvalue weighted by atomic mass is 32.2. The maximum absolute atomic E-state index is 12.7. The van der Waals surface area contributed by atoms with E-state index >= 15 is 0 Å². The molecule has 0 spiro atoms. The molecule has 2 heterocycles. The normalized spacial score (nSPS) is 11.4. The summed E-state index contributed by atoms with van der Waals surface area (Å²) in [5.41, 5.74) is 2.49. The number of nitrogens with zero attached hydrogens (tertiary/aromatic N) is 2. The molecule has 0 unspecified atom stereocenters. The summed E-state index contributed by atoms with van der Waals surface area (Å²) in [7, 11) is 0. The molecule has 0 radical (unpaired) electrons. The summed E-state index contributed by atoms with van der Waals surface area (Å²) < 4.78 is 3.23. The van der Waals surface area contributed by atoms with Crippen LogP contribution in [0, 0.1) is 0 Å². The van der Waals surface area contributed by atoms with Crippen LogP contribution in [0.15, 0.2) is 58.9 Å². The summed E-state index contributed by atoms with van der Waals surface area (Å²) in [5, 5.41) is 5.72. The second-order valence-electron chi connectivity index (χ2n) is 5.98. The van der Waals surface area contributed by atoms with Crippen LogP contribution in [0.5, 0.6) is 0 Å². The van der Waals surface area contributed by atoms with Crippen LogP contribution in [-0.2, 0) is 0 Å². The largest absolute Gasteiger partial charge is 0.298 e. The van der Waals surface area contributed by atoms with Gasteiger partial charge in [0.15, 0.2) is 9.47 Å². The Hall–Kier alpha value is -2.48. The number of carbonyl (C=O) groups is 1. The van der Waals surface area contributed by atoms with Gasteiger partial charge in [0.1, 0.15) is 0 Å². The predicted molar refractivity (Wildman–Crippen MR) is 116 cm³/mol. The number of aromatic nitrogens is 2. The number of carbonyl (C=O) groups excluding carboxylic acids is 1. The summed E-state index contributed by atoms with van der Waals surface area (Å²) in [4.78, 5) is 21.9. The molecule has 27 heavy (non-hydrogen) atoms. The Labute approximate surface area is 167 Å². The first-order valence-electron chi connectivity index (χ1n) is 8.25. The van der Waals surface area contributed by atoms with Crippen molar-refractivity contribution in [3.8, 4) is 0 Å². The van der Waals surface area contributed by atoms with Crippen LogP contribution in [0.2, 0.25) is 0 Å². The minimum Gasteiger partial charge on any atom is -0.298 e. The third-order valence-electron chi connectivity index (χ3n) is 4.30. The number of rotatable bonds is 3. The second kappa shape index (κ2) is 6.60. The van der Waals surface area contributed by atoms with E-state index in [0.717, 1.165) is 35.5 Å². The van der Waals surface area contributed by atoms with Crippen molar-refractivity contribution in [2.45, 2.75) is 4.34 Å². The molecule has 0 aliphatic carbocycles. The number of anilines is 1. The zero-order valence-electron chi connectivity index (χ0n) is 14.2. The van der Waals surface area contributed by atoms with Crippen LogP contribution < -0.4 is 5.32 Å². The van der Waals surface area contributed by atoms with E-state index in [4.69, 9.17) is 0 Å². The number of nitrogens with one attached hydrogen (secondary N) is 1. The molecule has 0 atom stereocenters. The van der Waals surface area contributed by atoms with E-state index in [1.807, 2.05) is 60.9 Å². The van der Waals surface area contributed by atoms with E-state index in [1.54, 1.807) is 23.1 Å². The smallest absolute Gasteiger partial charge is 0.257 e. The number of fused-ring (bicyclic) bond motifs is 4. The second-order valence-corrected chi connectivity index (χ2v) is 9.03. The van der Waals surface area contributed by atoms with Crippen molar-refractivity contribution in [1.82, 2.24) is 9.97 Å². The third kappa shape index (κ3) is 2.97. The third-order valence-corrected chi connectivity index (χ3v) is 7.51. The first-order chi connectivity index (χ1) is 13.2. The lowest BCUT2D eigenvalue weighted by atomic mass is 10.1. The molecule has 3 aromatic carbocycles. The Bertz CT molecular complexity index is 1320. The number of thioether (sulfide) groups is 1. The first kappa shape index (κ1) is 16.7. The summed E-state index contributed by atoms with van der Waals surface area (Å²) >= 11 is 4.80. The lowest BCUT2D eigenvalue weighted by Crippen LogP contribution is -2.11. The quantitative estimate of drug-likeness (QED) is 0.371. The standard InChI is InChI=1S/C20H13N3OS3/c1-25-20-22-15-9-8-14-16(17(15)27-20)26-19(21-14)23-18(24)13-7-6-11-4-2-3-5-12(11)10-13/h2-10H,1H3,(H,21,23,24). The van der Waals surface area contributed by atoms with Crippen molar-refractivity contribution in [2.24, 2.45) is 0 Å².